The van der Waals surface area contributed by atoms with E-state index >= 15 is 0 Å². The van der Waals surface area contributed by atoms with Crippen LogP contribution in [-0.2, 0) is 19.6 Å². The summed E-state index contributed by atoms with van der Waals surface area (Å²) in [6.45, 7) is 7.64. The number of primary sulfonamides is 1. The monoisotopic (exact) mass is 508 g/mol. The number of nitrogens with two attached hydrogens (primary N) is 1. The van der Waals surface area contributed by atoms with Crippen LogP contribution in [0.4, 0.5) is 5.69 Å². The van der Waals surface area contributed by atoms with E-state index in [1.807, 2.05) is 50.5 Å². The number of sulfonamides is 1. The number of benzene rings is 2. The third-order valence-corrected chi connectivity index (χ3v) is 7.26. The second-order valence-corrected chi connectivity index (χ2v) is 10.4. The van der Waals surface area contributed by atoms with Crippen LogP contribution in [0.5, 0.6) is 0 Å². The van der Waals surface area contributed by atoms with Crippen molar-refractivity contribution in [2.75, 3.05) is 4.90 Å². The van der Waals surface area contributed by atoms with Gasteiger partial charge in [-0.05, 0) is 105 Å². The topological polar surface area (TPSA) is 114 Å². The van der Waals surface area contributed by atoms with E-state index in [9.17, 15) is 18.0 Å². The Hall–Kier alpha value is -3.60. The predicted molar refractivity (Wildman–Crippen MR) is 139 cm³/mol. The van der Waals surface area contributed by atoms with Gasteiger partial charge in [0.25, 0.3) is 11.8 Å². The highest BCUT2D eigenvalue weighted by atomic mass is 32.2. The van der Waals surface area contributed by atoms with Gasteiger partial charge in [0.15, 0.2) is 5.11 Å². The van der Waals surface area contributed by atoms with Crippen molar-refractivity contribution in [3.8, 4) is 5.69 Å². The molecular weight excluding hydrogens is 484 g/mol. The quantitative estimate of drug-likeness (QED) is 0.319. The van der Waals surface area contributed by atoms with Crippen LogP contribution in [0.3, 0.4) is 0 Å². The van der Waals surface area contributed by atoms with E-state index in [1.54, 1.807) is 24.3 Å². The number of rotatable bonds is 4. The first-order chi connectivity index (χ1) is 16.4. The Morgan fingerprint density at radius 1 is 0.914 bits per heavy atom. The van der Waals surface area contributed by atoms with Crippen LogP contribution in [0.15, 0.2) is 59.0 Å². The predicted octanol–water partition coefficient (Wildman–Crippen LogP) is 3.19. The molecule has 0 unspecified atom stereocenters. The zero-order valence-corrected chi connectivity index (χ0v) is 21.3. The number of amides is 2. The number of hydrogen-bond donors (Lipinski definition) is 2. The van der Waals surface area contributed by atoms with E-state index in [1.165, 1.54) is 17.0 Å². The van der Waals surface area contributed by atoms with Crippen molar-refractivity contribution in [2.45, 2.75) is 32.6 Å². The molecule has 1 aliphatic rings. The molecule has 3 N–H and O–H groups in total. The number of aromatic nitrogens is 1. The lowest BCUT2D eigenvalue weighted by Gasteiger charge is -2.29. The minimum Gasteiger partial charge on any atom is -0.318 e. The van der Waals surface area contributed by atoms with Crippen molar-refractivity contribution in [1.82, 2.24) is 9.88 Å². The first kappa shape index (κ1) is 24.5. The van der Waals surface area contributed by atoms with E-state index in [4.69, 9.17) is 17.4 Å². The number of thiocarbonyl (C=S) groups is 1. The smallest absolute Gasteiger partial charge is 0.270 e. The molecule has 0 spiro atoms. The van der Waals surface area contributed by atoms with Gasteiger partial charge in [-0.15, -0.1) is 0 Å². The molecule has 0 bridgehead atoms. The van der Waals surface area contributed by atoms with Gasteiger partial charge in [-0.2, -0.15) is 0 Å². The van der Waals surface area contributed by atoms with Crippen LogP contribution in [0.1, 0.15) is 28.1 Å². The van der Waals surface area contributed by atoms with E-state index in [2.05, 4.69) is 5.32 Å². The molecule has 180 valence electrons. The molecule has 1 fully saturated rings. The Balaban J connectivity index is 1.74. The summed E-state index contributed by atoms with van der Waals surface area (Å²) in [4.78, 5) is 27.4. The summed E-state index contributed by atoms with van der Waals surface area (Å²) < 4.78 is 25.0. The number of carbonyl (C=O) groups excluding carboxylic acids is 2. The molecule has 0 saturated carbocycles. The molecule has 3 aromatic rings. The van der Waals surface area contributed by atoms with Gasteiger partial charge in [-0.1, -0.05) is 6.07 Å². The first-order valence-electron chi connectivity index (χ1n) is 10.7. The molecular formula is C25H24N4O4S2. The number of carbonyl (C=O) groups is 2. The molecule has 2 heterocycles. The van der Waals surface area contributed by atoms with Crippen molar-refractivity contribution in [2.24, 2.45) is 5.14 Å². The maximum Gasteiger partial charge on any atom is 0.270 e. The van der Waals surface area contributed by atoms with E-state index in [-0.39, 0.29) is 15.6 Å². The number of aryl methyl sites for hydroxylation is 3. The molecule has 0 radical (unpaired) electrons. The molecule has 1 aliphatic heterocycles. The summed E-state index contributed by atoms with van der Waals surface area (Å²) in [5.41, 5.74) is 5.61. The number of hydrogen-bond acceptors (Lipinski definition) is 5. The molecule has 2 aromatic carbocycles. The molecule has 1 aromatic heterocycles. The molecule has 0 aliphatic carbocycles. The third kappa shape index (κ3) is 4.55. The lowest BCUT2D eigenvalue weighted by Crippen LogP contribution is -2.54. The van der Waals surface area contributed by atoms with Crippen LogP contribution < -0.4 is 15.4 Å². The maximum atomic E-state index is 13.4. The SMILES string of the molecule is Cc1ccc(N2C(=O)/C(=C/c3cc(C)n(-c4ccc(S(N)(=O)=O)cc4)c3C)C(=O)NC2=S)cc1C. The van der Waals surface area contributed by atoms with Gasteiger partial charge in [-0.25, -0.2) is 13.6 Å². The van der Waals surface area contributed by atoms with Crippen molar-refractivity contribution in [1.29, 1.82) is 0 Å². The highest BCUT2D eigenvalue weighted by molar-refractivity contribution is 7.89. The fourth-order valence-corrected chi connectivity index (χ4v) is 4.82. The molecule has 4 rings (SSSR count). The first-order valence-corrected chi connectivity index (χ1v) is 12.6. The summed E-state index contributed by atoms with van der Waals surface area (Å²) in [5.74, 6) is -1.08. The summed E-state index contributed by atoms with van der Waals surface area (Å²) >= 11 is 5.30. The Morgan fingerprint density at radius 3 is 2.14 bits per heavy atom. The molecule has 10 heteroatoms. The summed E-state index contributed by atoms with van der Waals surface area (Å²) in [6, 6.07) is 13.6. The largest absolute Gasteiger partial charge is 0.318 e. The Morgan fingerprint density at radius 2 is 1.54 bits per heavy atom. The lowest BCUT2D eigenvalue weighted by molar-refractivity contribution is -0.122. The van der Waals surface area contributed by atoms with Gasteiger partial charge in [0.2, 0.25) is 10.0 Å². The van der Waals surface area contributed by atoms with Gasteiger partial charge in [0, 0.05) is 17.1 Å². The molecule has 1 saturated heterocycles. The Kier molecular flexibility index (Phi) is 6.22. The number of anilines is 1. The van der Waals surface area contributed by atoms with Gasteiger partial charge >= 0.3 is 0 Å². The summed E-state index contributed by atoms with van der Waals surface area (Å²) in [7, 11) is -3.80. The van der Waals surface area contributed by atoms with Crippen molar-refractivity contribution >= 4 is 50.9 Å². The van der Waals surface area contributed by atoms with Crippen LogP contribution >= 0.6 is 12.2 Å². The number of nitrogens with one attached hydrogen (secondary N) is 1. The minimum absolute atomic E-state index is 0.0120. The van der Waals surface area contributed by atoms with E-state index in [0.29, 0.717) is 11.3 Å². The van der Waals surface area contributed by atoms with Crippen molar-refractivity contribution < 1.29 is 18.0 Å². The number of nitrogens with zero attached hydrogens (tertiary/aromatic N) is 2. The standard InChI is InChI=1S/C25H24N4O4S2/c1-14-5-6-20(11-15(14)2)29-24(31)22(23(30)27-25(29)34)13-18-12-16(3)28(17(18)4)19-7-9-21(10-8-19)35(26,32)33/h5-13H,1-4H3,(H2,26,32,33)(H,27,30,34)/b22-13+. The fourth-order valence-electron chi connectivity index (χ4n) is 4.03. The van der Waals surface area contributed by atoms with Crippen LogP contribution in [0.25, 0.3) is 11.8 Å². The summed E-state index contributed by atoms with van der Waals surface area (Å²) in [5, 5.41) is 7.83. The van der Waals surface area contributed by atoms with Crippen molar-refractivity contribution in [3.05, 3.63) is 82.2 Å². The normalized spacial score (nSPS) is 15.6. The lowest BCUT2D eigenvalue weighted by atomic mass is 10.1. The fraction of sp³-hybridized carbons (Fsp3) is 0.160. The van der Waals surface area contributed by atoms with Gasteiger partial charge < -0.3 is 4.57 Å². The van der Waals surface area contributed by atoms with E-state index < -0.39 is 21.8 Å². The minimum atomic E-state index is -3.80. The Bertz CT molecular complexity index is 1530. The highest BCUT2D eigenvalue weighted by Gasteiger charge is 2.34. The molecule has 8 nitrogen and oxygen atoms in total. The van der Waals surface area contributed by atoms with Crippen molar-refractivity contribution in [3.63, 3.8) is 0 Å². The van der Waals surface area contributed by atoms with Gasteiger partial charge in [-0.3, -0.25) is 19.8 Å². The van der Waals surface area contributed by atoms with Crippen LogP contribution in [0, 0.1) is 27.7 Å². The molecule has 35 heavy (non-hydrogen) atoms. The average Bonchev–Trinajstić information content (AvgIpc) is 3.05. The van der Waals surface area contributed by atoms with Crippen LogP contribution in [-0.4, -0.2) is 29.9 Å². The molecule has 0 atom stereocenters. The highest BCUT2D eigenvalue weighted by Crippen LogP contribution is 2.27. The van der Waals surface area contributed by atoms with E-state index in [0.717, 1.165) is 28.2 Å². The summed E-state index contributed by atoms with van der Waals surface area (Å²) in [6.07, 6.45) is 1.55. The second-order valence-electron chi connectivity index (χ2n) is 8.43. The average molecular weight is 509 g/mol. The van der Waals surface area contributed by atoms with Gasteiger partial charge in [0.05, 0.1) is 10.6 Å². The maximum absolute atomic E-state index is 13.4. The molecule has 2 amide bonds. The zero-order valence-electron chi connectivity index (χ0n) is 19.6. The zero-order chi connectivity index (χ0) is 25.7. The van der Waals surface area contributed by atoms with Gasteiger partial charge in [0.1, 0.15) is 5.57 Å². The third-order valence-electron chi connectivity index (χ3n) is 6.04. The second kappa shape index (κ2) is 8.88. The Labute approximate surface area is 209 Å². The van der Waals surface area contributed by atoms with Crippen LogP contribution in [0.2, 0.25) is 0 Å².